The van der Waals surface area contributed by atoms with E-state index in [9.17, 15) is 19.2 Å². The number of amides is 3. The number of hydrogen-bond acceptors (Lipinski definition) is 4. The highest BCUT2D eigenvalue weighted by Crippen LogP contribution is 2.23. The van der Waals surface area contributed by atoms with E-state index in [-0.39, 0.29) is 37.2 Å². The Bertz CT molecular complexity index is 603. The van der Waals surface area contributed by atoms with Crippen molar-refractivity contribution in [1.82, 2.24) is 10.2 Å². The average Bonchev–Trinajstić information content (AvgIpc) is 2.95. The fourth-order valence-electron chi connectivity index (χ4n) is 2.54. The lowest BCUT2D eigenvalue weighted by atomic mass is 9.97. The fourth-order valence-corrected chi connectivity index (χ4v) is 2.54. The van der Waals surface area contributed by atoms with Crippen molar-refractivity contribution >= 4 is 29.7 Å². The van der Waals surface area contributed by atoms with E-state index in [4.69, 9.17) is 0 Å². The van der Waals surface area contributed by atoms with Gasteiger partial charge in [-0.2, -0.15) is 0 Å². The Morgan fingerprint density at radius 1 is 1.22 bits per heavy atom. The van der Waals surface area contributed by atoms with Gasteiger partial charge in [-0.05, 0) is 18.1 Å². The zero-order valence-corrected chi connectivity index (χ0v) is 12.8. The third-order valence-corrected chi connectivity index (χ3v) is 3.83. The summed E-state index contributed by atoms with van der Waals surface area (Å²) in [6.07, 6.45) is 0.179. The number of benzene rings is 1. The fraction of sp³-hybridized carbons (Fsp3) is 0.375. The number of nitrogens with zero attached hydrogens (tertiary/aromatic N) is 1. The Balaban J connectivity index is 1.89. The number of Topliss-reactive ketones (excluding diaryl/α,β-unsaturated/α-hetero) is 1. The first-order valence-electron chi connectivity index (χ1n) is 7.38. The Morgan fingerprint density at radius 2 is 1.91 bits per heavy atom. The molecule has 7 heteroatoms. The molecule has 1 heterocycles. The first-order chi connectivity index (χ1) is 11.0. The molecule has 122 valence electrons. The van der Waals surface area contributed by atoms with Gasteiger partial charge in [-0.3, -0.25) is 14.4 Å². The van der Waals surface area contributed by atoms with Crippen LogP contribution in [0, 0.1) is 11.8 Å². The van der Waals surface area contributed by atoms with Crippen molar-refractivity contribution in [3.63, 3.8) is 0 Å². The van der Waals surface area contributed by atoms with Crippen LogP contribution in [0.15, 0.2) is 30.3 Å². The number of nitrogens with one attached hydrogen (secondary N) is 2. The topological polar surface area (TPSA) is 95.6 Å². The second-order valence-corrected chi connectivity index (χ2v) is 5.59. The molecule has 1 aliphatic rings. The van der Waals surface area contributed by atoms with Crippen molar-refractivity contribution in [3.05, 3.63) is 30.3 Å². The Kier molecular flexibility index (Phi) is 5.46. The second-order valence-electron chi connectivity index (χ2n) is 5.59. The maximum absolute atomic E-state index is 12.2. The van der Waals surface area contributed by atoms with Gasteiger partial charge in [-0.15, -0.1) is 0 Å². The van der Waals surface area contributed by atoms with Crippen molar-refractivity contribution < 1.29 is 19.2 Å². The number of carbonyl (C=O) groups is 4. The van der Waals surface area contributed by atoms with Crippen molar-refractivity contribution in [2.24, 2.45) is 11.8 Å². The van der Waals surface area contributed by atoms with Crippen molar-refractivity contribution in [3.8, 4) is 0 Å². The minimum atomic E-state index is -0.678. The normalized spacial score (nSPS) is 20.0. The molecule has 1 fully saturated rings. The van der Waals surface area contributed by atoms with Crippen LogP contribution in [0.25, 0.3) is 0 Å². The van der Waals surface area contributed by atoms with Crippen LogP contribution in [-0.4, -0.2) is 48.5 Å². The summed E-state index contributed by atoms with van der Waals surface area (Å²) in [5, 5.41) is 5.21. The number of likely N-dealkylation sites (tertiary alicyclic amines) is 1. The SMILES string of the molecule is C[C@H]1CN(C(=O)Nc2ccccc2)C[C@H]1C(=O)NCC(=O)C=O. The van der Waals surface area contributed by atoms with Crippen LogP contribution in [0.4, 0.5) is 10.5 Å². The summed E-state index contributed by atoms with van der Waals surface area (Å²) >= 11 is 0. The highest BCUT2D eigenvalue weighted by Gasteiger charge is 2.37. The lowest BCUT2D eigenvalue weighted by Gasteiger charge is -2.17. The molecule has 2 rings (SSSR count). The molecule has 23 heavy (non-hydrogen) atoms. The molecule has 0 aromatic heterocycles. The van der Waals surface area contributed by atoms with E-state index < -0.39 is 11.7 Å². The number of ketones is 1. The van der Waals surface area contributed by atoms with Gasteiger partial charge in [0.2, 0.25) is 11.7 Å². The van der Waals surface area contributed by atoms with Crippen molar-refractivity contribution in [2.45, 2.75) is 6.92 Å². The standard InChI is InChI=1S/C16H19N3O4/c1-11-8-19(16(23)18-12-5-3-2-4-6-12)9-14(11)15(22)17-7-13(21)10-20/h2-6,10-11,14H,7-9H2,1H3,(H,17,22)(H,18,23)/t11-,14+/m0/s1. The molecule has 7 nitrogen and oxygen atoms in total. The molecule has 0 aliphatic carbocycles. The molecule has 1 saturated heterocycles. The molecule has 0 unspecified atom stereocenters. The second kappa shape index (κ2) is 7.53. The Labute approximate surface area is 134 Å². The van der Waals surface area contributed by atoms with Crippen LogP contribution < -0.4 is 10.6 Å². The van der Waals surface area contributed by atoms with Crippen LogP contribution in [0.5, 0.6) is 0 Å². The highest BCUT2D eigenvalue weighted by atomic mass is 16.2. The van der Waals surface area contributed by atoms with Gasteiger partial charge in [0, 0.05) is 18.8 Å². The molecular weight excluding hydrogens is 298 g/mol. The minimum absolute atomic E-state index is 0.0251. The number of rotatable bonds is 5. The number of aldehydes is 1. The molecule has 1 aliphatic heterocycles. The first kappa shape index (κ1) is 16.7. The van der Waals surface area contributed by atoms with E-state index in [0.717, 1.165) is 0 Å². The number of anilines is 1. The van der Waals surface area contributed by atoms with E-state index >= 15 is 0 Å². The lowest BCUT2D eigenvalue weighted by molar-refractivity contribution is -0.131. The third kappa shape index (κ3) is 4.38. The zero-order chi connectivity index (χ0) is 16.8. The molecular formula is C16H19N3O4. The molecule has 2 N–H and O–H groups in total. The highest BCUT2D eigenvalue weighted by molar-refractivity contribution is 6.26. The van der Waals surface area contributed by atoms with Gasteiger partial charge in [0.15, 0.2) is 6.29 Å². The smallest absolute Gasteiger partial charge is 0.321 e. The summed E-state index contributed by atoms with van der Waals surface area (Å²) in [7, 11) is 0. The largest absolute Gasteiger partial charge is 0.348 e. The Hall–Kier alpha value is -2.70. The number of para-hydroxylation sites is 1. The molecule has 0 spiro atoms. The van der Waals surface area contributed by atoms with Gasteiger partial charge in [0.05, 0.1) is 12.5 Å². The van der Waals surface area contributed by atoms with Crippen LogP contribution in [-0.2, 0) is 14.4 Å². The monoisotopic (exact) mass is 317 g/mol. The summed E-state index contributed by atoms with van der Waals surface area (Å²) in [4.78, 5) is 47.0. The van der Waals surface area contributed by atoms with Gasteiger partial charge in [-0.1, -0.05) is 25.1 Å². The summed E-state index contributed by atoms with van der Waals surface area (Å²) in [6, 6.07) is 8.81. The predicted molar refractivity (Wildman–Crippen MR) is 83.8 cm³/mol. The van der Waals surface area contributed by atoms with Gasteiger partial charge in [0.25, 0.3) is 0 Å². The van der Waals surface area contributed by atoms with Crippen molar-refractivity contribution in [1.29, 1.82) is 0 Å². The molecule has 2 atom stereocenters. The lowest BCUT2D eigenvalue weighted by Crippen LogP contribution is -2.39. The predicted octanol–water partition coefficient (Wildman–Crippen LogP) is 0.671. The first-order valence-corrected chi connectivity index (χ1v) is 7.38. The zero-order valence-electron chi connectivity index (χ0n) is 12.8. The molecule has 0 bridgehead atoms. The van der Waals surface area contributed by atoms with Crippen LogP contribution in [0.3, 0.4) is 0 Å². The van der Waals surface area contributed by atoms with Crippen LogP contribution in [0.2, 0.25) is 0 Å². The molecule has 3 amide bonds. The third-order valence-electron chi connectivity index (χ3n) is 3.83. The summed E-state index contributed by atoms with van der Waals surface area (Å²) in [6.45, 7) is 2.31. The molecule has 0 radical (unpaired) electrons. The number of hydrogen-bond donors (Lipinski definition) is 2. The van der Waals surface area contributed by atoms with E-state index in [0.29, 0.717) is 12.2 Å². The van der Waals surface area contributed by atoms with E-state index in [1.54, 1.807) is 17.0 Å². The minimum Gasteiger partial charge on any atom is -0.348 e. The van der Waals surface area contributed by atoms with Crippen LogP contribution >= 0.6 is 0 Å². The quantitative estimate of drug-likeness (QED) is 0.616. The summed E-state index contributed by atoms with van der Waals surface area (Å²) < 4.78 is 0. The van der Waals surface area contributed by atoms with E-state index in [1.807, 2.05) is 25.1 Å². The maximum Gasteiger partial charge on any atom is 0.321 e. The van der Waals surface area contributed by atoms with Gasteiger partial charge >= 0.3 is 6.03 Å². The Morgan fingerprint density at radius 3 is 2.57 bits per heavy atom. The summed E-state index contributed by atoms with van der Waals surface area (Å²) in [5.41, 5.74) is 0.689. The van der Waals surface area contributed by atoms with Crippen LogP contribution in [0.1, 0.15) is 6.92 Å². The molecule has 1 aromatic carbocycles. The average molecular weight is 317 g/mol. The van der Waals surface area contributed by atoms with Crippen molar-refractivity contribution in [2.75, 3.05) is 25.0 Å². The van der Waals surface area contributed by atoms with Gasteiger partial charge < -0.3 is 15.5 Å². The number of urea groups is 1. The number of carbonyl (C=O) groups excluding carboxylic acids is 4. The van der Waals surface area contributed by atoms with E-state index in [1.165, 1.54) is 0 Å². The van der Waals surface area contributed by atoms with Gasteiger partial charge in [-0.25, -0.2) is 4.79 Å². The van der Waals surface area contributed by atoms with E-state index in [2.05, 4.69) is 10.6 Å². The maximum atomic E-state index is 12.2. The molecule has 0 saturated carbocycles. The van der Waals surface area contributed by atoms with Gasteiger partial charge in [0.1, 0.15) is 0 Å². The molecule has 1 aromatic rings. The summed E-state index contributed by atoms with van der Waals surface area (Å²) in [5.74, 6) is -1.41.